The third-order valence-electron chi connectivity index (χ3n) is 2.71. The third kappa shape index (κ3) is 3.72. The first-order valence-electron chi connectivity index (χ1n) is 6.02. The molecule has 1 atom stereocenters. The fourth-order valence-corrected chi connectivity index (χ4v) is 1.68. The maximum atomic E-state index is 4.31. The molecule has 1 heterocycles. The molecule has 1 aromatic rings. The Bertz CT molecular complexity index is 315. The lowest BCUT2D eigenvalue weighted by molar-refractivity contribution is 0.442. The maximum Gasteiger partial charge on any atom is 0.203 e. The standard InChI is InChI=1S/C13H23N3/c1-5-8-14-13-15-9-10-16(13)12(4)7-6-11(2)3/h5,9-12H,1,6-8H2,2-4H3,(H,14,15). The van der Waals surface area contributed by atoms with Crippen molar-refractivity contribution in [1.82, 2.24) is 9.55 Å². The number of hydrogen-bond acceptors (Lipinski definition) is 2. The molecule has 16 heavy (non-hydrogen) atoms. The molecule has 0 saturated heterocycles. The van der Waals surface area contributed by atoms with Gasteiger partial charge in [0.25, 0.3) is 0 Å². The summed E-state index contributed by atoms with van der Waals surface area (Å²) in [6, 6.07) is 0.497. The van der Waals surface area contributed by atoms with Gasteiger partial charge in [-0.15, -0.1) is 6.58 Å². The fourth-order valence-electron chi connectivity index (χ4n) is 1.68. The summed E-state index contributed by atoms with van der Waals surface area (Å²) in [4.78, 5) is 4.31. The molecule has 0 aliphatic heterocycles. The summed E-state index contributed by atoms with van der Waals surface area (Å²) in [6.07, 6.45) is 8.17. The second-order valence-corrected chi connectivity index (χ2v) is 4.65. The minimum absolute atomic E-state index is 0.497. The smallest absolute Gasteiger partial charge is 0.203 e. The van der Waals surface area contributed by atoms with E-state index in [0.29, 0.717) is 6.04 Å². The molecular weight excluding hydrogens is 198 g/mol. The summed E-state index contributed by atoms with van der Waals surface area (Å²) in [7, 11) is 0. The van der Waals surface area contributed by atoms with Gasteiger partial charge < -0.3 is 9.88 Å². The predicted octanol–water partition coefficient (Wildman–Crippen LogP) is 3.48. The minimum Gasteiger partial charge on any atom is -0.352 e. The van der Waals surface area contributed by atoms with Crippen LogP contribution in [0.3, 0.4) is 0 Å². The number of aromatic nitrogens is 2. The van der Waals surface area contributed by atoms with Gasteiger partial charge in [-0.3, -0.25) is 0 Å². The topological polar surface area (TPSA) is 29.9 Å². The highest BCUT2D eigenvalue weighted by Gasteiger charge is 2.09. The van der Waals surface area contributed by atoms with Gasteiger partial charge in [0.15, 0.2) is 0 Å². The monoisotopic (exact) mass is 221 g/mol. The van der Waals surface area contributed by atoms with Crippen LogP contribution in [0.2, 0.25) is 0 Å². The average Bonchev–Trinajstić information content (AvgIpc) is 2.71. The highest BCUT2D eigenvalue weighted by atomic mass is 15.2. The van der Waals surface area contributed by atoms with E-state index in [2.05, 4.69) is 42.2 Å². The van der Waals surface area contributed by atoms with E-state index in [4.69, 9.17) is 0 Å². The van der Waals surface area contributed by atoms with E-state index < -0.39 is 0 Å². The van der Waals surface area contributed by atoms with Crippen LogP contribution in [0.1, 0.15) is 39.7 Å². The van der Waals surface area contributed by atoms with Gasteiger partial charge in [-0.25, -0.2) is 4.98 Å². The zero-order valence-electron chi connectivity index (χ0n) is 10.6. The molecule has 3 heteroatoms. The number of nitrogens with zero attached hydrogens (tertiary/aromatic N) is 2. The van der Waals surface area contributed by atoms with Crippen molar-refractivity contribution in [3.8, 4) is 0 Å². The average molecular weight is 221 g/mol. The van der Waals surface area contributed by atoms with E-state index in [0.717, 1.165) is 18.4 Å². The first-order chi connectivity index (χ1) is 7.65. The fraction of sp³-hybridized carbons (Fsp3) is 0.615. The van der Waals surface area contributed by atoms with E-state index in [1.165, 1.54) is 12.8 Å². The van der Waals surface area contributed by atoms with Gasteiger partial charge in [0.05, 0.1) is 0 Å². The van der Waals surface area contributed by atoms with Gasteiger partial charge in [-0.2, -0.15) is 0 Å². The van der Waals surface area contributed by atoms with Crippen molar-refractivity contribution in [2.24, 2.45) is 5.92 Å². The van der Waals surface area contributed by atoms with Crippen LogP contribution >= 0.6 is 0 Å². The van der Waals surface area contributed by atoms with E-state index in [1.807, 2.05) is 18.5 Å². The second-order valence-electron chi connectivity index (χ2n) is 4.65. The van der Waals surface area contributed by atoms with Crippen LogP contribution in [0.15, 0.2) is 25.0 Å². The van der Waals surface area contributed by atoms with Crippen molar-refractivity contribution in [2.45, 2.75) is 39.7 Å². The Morgan fingerprint density at radius 1 is 1.44 bits per heavy atom. The largest absolute Gasteiger partial charge is 0.352 e. The highest BCUT2D eigenvalue weighted by molar-refractivity contribution is 5.27. The summed E-state index contributed by atoms with van der Waals surface area (Å²) in [5, 5.41) is 3.25. The van der Waals surface area contributed by atoms with Gasteiger partial charge in [0.1, 0.15) is 0 Å². The molecule has 1 rings (SSSR count). The summed E-state index contributed by atoms with van der Waals surface area (Å²) >= 11 is 0. The molecule has 0 aliphatic rings. The lowest BCUT2D eigenvalue weighted by Crippen LogP contribution is -2.11. The molecular formula is C13H23N3. The van der Waals surface area contributed by atoms with Gasteiger partial charge in [-0.1, -0.05) is 19.9 Å². The van der Waals surface area contributed by atoms with E-state index in [1.54, 1.807) is 0 Å². The lowest BCUT2D eigenvalue weighted by atomic mass is 10.0. The summed E-state index contributed by atoms with van der Waals surface area (Å²) in [5.41, 5.74) is 0. The summed E-state index contributed by atoms with van der Waals surface area (Å²) in [5.74, 6) is 1.70. The van der Waals surface area contributed by atoms with Crippen molar-refractivity contribution in [2.75, 3.05) is 11.9 Å². The Labute approximate surface area is 98.6 Å². The molecule has 1 aromatic heterocycles. The molecule has 0 spiro atoms. The molecule has 0 aromatic carbocycles. The molecule has 3 nitrogen and oxygen atoms in total. The molecule has 1 N–H and O–H groups in total. The molecule has 0 aliphatic carbocycles. The maximum absolute atomic E-state index is 4.31. The van der Waals surface area contributed by atoms with Gasteiger partial charge >= 0.3 is 0 Å². The van der Waals surface area contributed by atoms with Crippen molar-refractivity contribution in [3.63, 3.8) is 0 Å². The van der Waals surface area contributed by atoms with Crippen molar-refractivity contribution in [1.29, 1.82) is 0 Å². The lowest BCUT2D eigenvalue weighted by Gasteiger charge is -2.17. The van der Waals surface area contributed by atoms with Crippen LogP contribution in [0.25, 0.3) is 0 Å². The number of rotatable bonds is 7. The quantitative estimate of drug-likeness (QED) is 0.714. The van der Waals surface area contributed by atoms with Crippen LogP contribution in [0, 0.1) is 5.92 Å². The van der Waals surface area contributed by atoms with E-state index in [-0.39, 0.29) is 0 Å². The van der Waals surface area contributed by atoms with Crippen LogP contribution in [-0.2, 0) is 0 Å². The Morgan fingerprint density at radius 3 is 2.81 bits per heavy atom. The molecule has 0 fully saturated rings. The SMILES string of the molecule is C=CCNc1nccn1C(C)CCC(C)C. The van der Waals surface area contributed by atoms with Gasteiger partial charge in [-0.05, 0) is 25.7 Å². The minimum atomic E-state index is 0.497. The molecule has 0 amide bonds. The Hall–Kier alpha value is -1.25. The van der Waals surface area contributed by atoms with E-state index >= 15 is 0 Å². The molecule has 90 valence electrons. The first-order valence-corrected chi connectivity index (χ1v) is 6.02. The second kappa shape index (κ2) is 6.36. The zero-order chi connectivity index (χ0) is 12.0. The number of imidazole rings is 1. The van der Waals surface area contributed by atoms with Crippen molar-refractivity contribution in [3.05, 3.63) is 25.0 Å². The molecule has 0 saturated carbocycles. The highest BCUT2D eigenvalue weighted by Crippen LogP contribution is 2.20. The predicted molar refractivity (Wildman–Crippen MR) is 69.7 cm³/mol. The Balaban J connectivity index is 2.56. The van der Waals surface area contributed by atoms with Crippen LogP contribution in [0.4, 0.5) is 5.95 Å². The van der Waals surface area contributed by atoms with Crippen molar-refractivity contribution < 1.29 is 0 Å². The van der Waals surface area contributed by atoms with Gasteiger partial charge in [0.2, 0.25) is 5.95 Å². The van der Waals surface area contributed by atoms with Crippen LogP contribution in [-0.4, -0.2) is 16.1 Å². The van der Waals surface area contributed by atoms with Gasteiger partial charge in [0, 0.05) is 25.0 Å². The Morgan fingerprint density at radius 2 is 2.19 bits per heavy atom. The van der Waals surface area contributed by atoms with Crippen LogP contribution in [0.5, 0.6) is 0 Å². The molecule has 1 unspecified atom stereocenters. The summed E-state index contributed by atoms with van der Waals surface area (Å²) < 4.78 is 2.20. The van der Waals surface area contributed by atoms with Crippen LogP contribution < -0.4 is 5.32 Å². The molecule has 0 radical (unpaired) electrons. The first kappa shape index (κ1) is 12.8. The summed E-state index contributed by atoms with van der Waals surface area (Å²) in [6.45, 7) is 11.2. The van der Waals surface area contributed by atoms with Crippen molar-refractivity contribution >= 4 is 5.95 Å². The normalized spacial score (nSPS) is 12.8. The van der Waals surface area contributed by atoms with E-state index in [9.17, 15) is 0 Å². The zero-order valence-corrected chi connectivity index (χ0v) is 10.6. The number of nitrogens with one attached hydrogen (secondary N) is 1. The Kier molecular flexibility index (Phi) is 5.09. The third-order valence-corrected chi connectivity index (χ3v) is 2.71. The number of anilines is 1. The number of hydrogen-bond donors (Lipinski definition) is 1. The molecule has 0 bridgehead atoms.